The van der Waals surface area contributed by atoms with Crippen LogP contribution in [0.15, 0.2) is 36.8 Å². The Morgan fingerprint density at radius 3 is 2.77 bits per heavy atom. The predicted octanol–water partition coefficient (Wildman–Crippen LogP) is 2.29. The molecular weight excluding hydrogens is 410 g/mol. The third-order valence-corrected chi connectivity index (χ3v) is 6.00. The molecule has 5 atom stereocenters. The van der Waals surface area contributed by atoms with Crippen LogP contribution in [0.1, 0.15) is 36.4 Å². The van der Waals surface area contributed by atoms with Crippen LogP contribution >= 0.6 is 11.6 Å². The van der Waals surface area contributed by atoms with E-state index in [4.69, 9.17) is 21.1 Å². The Morgan fingerprint density at radius 2 is 2.00 bits per heavy atom. The molecule has 1 saturated carbocycles. The molecule has 3 N–H and O–H groups in total. The summed E-state index contributed by atoms with van der Waals surface area (Å²) < 4.78 is 13.4. The molecule has 2 fully saturated rings. The third-order valence-electron chi connectivity index (χ3n) is 5.68. The summed E-state index contributed by atoms with van der Waals surface area (Å²) in [5.41, 5.74) is 1.87. The predicted molar refractivity (Wildman–Crippen MR) is 108 cm³/mol. The van der Waals surface area contributed by atoms with E-state index in [0.29, 0.717) is 22.0 Å². The summed E-state index contributed by atoms with van der Waals surface area (Å²) in [5.74, 6) is 0.490. The van der Waals surface area contributed by atoms with Crippen molar-refractivity contribution in [1.29, 1.82) is 0 Å². The molecule has 158 valence electrons. The van der Waals surface area contributed by atoms with Gasteiger partial charge in [0.1, 0.15) is 42.1 Å². The fourth-order valence-electron chi connectivity index (χ4n) is 3.83. The molecule has 1 aliphatic carbocycles. The lowest BCUT2D eigenvalue weighted by Crippen LogP contribution is -2.34. The van der Waals surface area contributed by atoms with Crippen molar-refractivity contribution in [3.05, 3.63) is 53.1 Å². The Kier molecular flexibility index (Phi) is 4.91. The molecule has 0 spiro atoms. The van der Waals surface area contributed by atoms with Crippen molar-refractivity contribution in [3.63, 3.8) is 0 Å². The van der Waals surface area contributed by atoms with Gasteiger partial charge in [-0.3, -0.25) is 0 Å². The van der Waals surface area contributed by atoms with Crippen LogP contribution in [-0.4, -0.2) is 54.3 Å². The maximum Gasteiger partial charge on any atom is 0.164 e. The van der Waals surface area contributed by atoms with Gasteiger partial charge in [-0.1, -0.05) is 17.7 Å². The number of benzene rings is 1. The SMILES string of the molecule is Cc1ncnc2c1ccn2[C@@H]1O[C@H](C(O)c2ccc(Cl)c(OC3CC3)c2)[C@@H](O)[C@H]1O. The zero-order valence-corrected chi connectivity index (χ0v) is 17.0. The molecule has 3 aromatic rings. The number of hydrogen-bond acceptors (Lipinski definition) is 7. The van der Waals surface area contributed by atoms with Gasteiger partial charge in [0, 0.05) is 11.6 Å². The highest BCUT2D eigenvalue weighted by molar-refractivity contribution is 6.32. The lowest BCUT2D eigenvalue weighted by Gasteiger charge is -2.22. The molecule has 30 heavy (non-hydrogen) atoms. The Morgan fingerprint density at radius 1 is 1.20 bits per heavy atom. The van der Waals surface area contributed by atoms with Gasteiger partial charge in [-0.15, -0.1) is 0 Å². The van der Waals surface area contributed by atoms with Crippen LogP contribution in [0.4, 0.5) is 0 Å². The molecule has 2 aromatic heterocycles. The Labute approximate surface area is 177 Å². The van der Waals surface area contributed by atoms with E-state index in [1.54, 1.807) is 29.0 Å². The highest BCUT2D eigenvalue weighted by Crippen LogP contribution is 2.40. The Balaban J connectivity index is 1.42. The van der Waals surface area contributed by atoms with Gasteiger partial charge in [0.05, 0.1) is 16.8 Å². The first-order valence-corrected chi connectivity index (χ1v) is 10.3. The van der Waals surface area contributed by atoms with Gasteiger partial charge >= 0.3 is 0 Å². The smallest absolute Gasteiger partial charge is 0.164 e. The van der Waals surface area contributed by atoms with Gasteiger partial charge in [-0.25, -0.2) is 9.97 Å². The summed E-state index contributed by atoms with van der Waals surface area (Å²) in [4.78, 5) is 8.44. The monoisotopic (exact) mass is 431 g/mol. The van der Waals surface area contributed by atoms with Crippen LogP contribution in [-0.2, 0) is 4.74 Å². The number of fused-ring (bicyclic) bond motifs is 1. The zero-order chi connectivity index (χ0) is 21.0. The molecule has 3 heterocycles. The van der Waals surface area contributed by atoms with E-state index in [9.17, 15) is 15.3 Å². The molecule has 0 amide bonds. The van der Waals surface area contributed by atoms with Gasteiger partial charge in [0.2, 0.25) is 0 Å². The van der Waals surface area contributed by atoms with Crippen molar-refractivity contribution in [1.82, 2.24) is 14.5 Å². The number of halogens is 1. The van der Waals surface area contributed by atoms with Gasteiger partial charge in [-0.05, 0) is 43.5 Å². The maximum absolute atomic E-state index is 10.9. The van der Waals surface area contributed by atoms with Crippen molar-refractivity contribution < 1.29 is 24.8 Å². The van der Waals surface area contributed by atoms with Gasteiger partial charge in [0.25, 0.3) is 0 Å². The molecule has 1 unspecified atom stereocenters. The van der Waals surface area contributed by atoms with E-state index in [1.807, 2.05) is 13.0 Å². The van der Waals surface area contributed by atoms with Crippen molar-refractivity contribution in [2.45, 2.75) is 56.5 Å². The molecule has 5 rings (SSSR count). The van der Waals surface area contributed by atoms with Gasteiger partial charge in [-0.2, -0.15) is 0 Å². The summed E-state index contributed by atoms with van der Waals surface area (Å²) in [6.45, 7) is 1.86. The average Bonchev–Trinajstić information content (AvgIpc) is 3.37. The van der Waals surface area contributed by atoms with Crippen LogP contribution < -0.4 is 4.74 Å². The molecular formula is C21H22ClN3O5. The Bertz CT molecular complexity index is 1090. The van der Waals surface area contributed by atoms with Crippen LogP contribution in [0, 0.1) is 6.92 Å². The highest BCUT2D eigenvalue weighted by Gasteiger charge is 2.47. The number of nitrogens with zero attached hydrogens (tertiary/aromatic N) is 3. The van der Waals surface area contributed by atoms with Crippen molar-refractivity contribution in [3.8, 4) is 5.75 Å². The summed E-state index contributed by atoms with van der Waals surface area (Å²) in [5, 5.41) is 33.5. The maximum atomic E-state index is 10.9. The largest absolute Gasteiger partial charge is 0.489 e. The first-order valence-electron chi connectivity index (χ1n) is 9.88. The lowest BCUT2D eigenvalue weighted by molar-refractivity contribution is -0.0848. The highest BCUT2D eigenvalue weighted by atomic mass is 35.5. The second-order valence-corrected chi connectivity index (χ2v) is 8.25. The van der Waals surface area contributed by atoms with Crippen LogP contribution in [0.25, 0.3) is 11.0 Å². The summed E-state index contributed by atoms with van der Waals surface area (Å²) in [7, 11) is 0. The number of aliphatic hydroxyl groups excluding tert-OH is 3. The summed E-state index contributed by atoms with van der Waals surface area (Å²) in [6, 6.07) is 6.79. The van der Waals surface area contributed by atoms with Crippen LogP contribution in [0.3, 0.4) is 0 Å². The zero-order valence-electron chi connectivity index (χ0n) is 16.2. The topological polar surface area (TPSA) is 110 Å². The Hall–Kier alpha value is -2.23. The molecule has 1 aliphatic heterocycles. The molecule has 8 nitrogen and oxygen atoms in total. The van der Waals surface area contributed by atoms with E-state index in [2.05, 4.69) is 9.97 Å². The number of ether oxygens (including phenoxy) is 2. The number of aryl methyl sites for hydroxylation is 1. The summed E-state index contributed by atoms with van der Waals surface area (Å²) in [6.07, 6.45) is -0.387. The van der Waals surface area contributed by atoms with Crippen molar-refractivity contribution >= 4 is 22.6 Å². The van der Waals surface area contributed by atoms with Gasteiger partial charge < -0.3 is 29.4 Å². The molecule has 1 saturated heterocycles. The number of rotatable bonds is 5. The standard InChI is InChI=1S/C21H22ClN3O5/c1-10-13-6-7-25(20(13)24-9-23-10)21-18(28)17(27)19(30-21)16(26)11-2-5-14(22)15(8-11)29-12-3-4-12/h2,5-9,12,16-19,21,26-28H,3-4H2,1H3/t16?,17-,18+,19+,21+/m0/s1. The minimum Gasteiger partial charge on any atom is -0.489 e. The van der Waals surface area contributed by atoms with E-state index >= 15 is 0 Å². The molecule has 0 bridgehead atoms. The first-order chi connectivity index (χ1) is 14.4. The number of aliphatic hydroxyl groups is 3. The average molecular weight is 432 g/mol. The second kappa shape index (κ2) is 7.47. The fraction of sp³-hybridized carbons (Fsp3) is 0.429. The molecule has 1 aromatic carbocycles. The molecule has 0 radical (unpaired) electrons. The van der Waals surface area contributed by atoms with Crippen molar-refractivity contribution in [2.75, 3.05) is 0 Å². The van der Waals surface area contributed by atoms with Gasteiger partial charge in [0.15, 0.2) is 6.23 Å². The first kappa shape index (κ1) is 19.7. The van der Waals surface area contributed by atoms with Crippen molar-refractivity contribution in [2.24, 2.45) is 0 Å². The quantitative estimate of drug-likeness (QED) is 0.568. The lowest BCUT2D eigenvalue weighted by atomic mass is 9.99. The number of hydrogen-bond donors (Lipinski definition) is 3. The van der Waals surface area contributed by atoms with E-state index in [1.165, 1.54) is 6.33 Å². The number of aromatic nitrogens is 3. The second-order valence-electron chi connectivity index (χ2n) is 7.84. The van der Waals surface area contributed by atoms with E-state index < -0.39 is 30.6 Å². The minimum absolute atomic E-state index is 0.155. The molecule has 9 heteroatoms. The molecule has 2 aliphatic rings. The van der Waals surface area contributed by atoms with Crippen LogP contribution in [0.2, 0.25) is 5.02 Å². The normalized spacial score (nSPS) is 27.5. The summed E-state index contributed by atoms with van der Waals surface area (Å²) >= 11 is 6.20. The van der Waals surface area contributed by atoms with Crippen LogP contribution in [0.5, 0.6) is 5.75 Å². The van der Waals surface area contributed by atoms with E-state index in [-0.39, 0.29) is 6.10 Å². The fourth-order valence-corrected chi connectivity index (χ4v) is 3.99. The van der Waals surface area contributed by atoms with E-state index in [0.717, 1.165) is 23.9 Å². The minimum atomic E-state index is -1.30. The third kappa shape index (κ3) is 3.34.